The number of anilines is 2. The third kappa shape index (κ3) is 5.72. The van der Waals surface area contributed by atoms with Gasteiger partial charge in [-0.15, -0.1) is 9.19 Å². The summed E-state index contributed by atoms with van der Waals surface area (Å²) in [4.78, 5) is 4.55. The van der Waals surface area contributed by atoms with Gasteiger partial charge < -0.3 is 20.1 Å². The molecule has 3 aromatic carbocycles. The maximum atomic E-state index is 13.4. The fraction of sp³-hybridized carbons (Fsp3) is 0.200. The maximum Gasteiger partial charge on any atom is 0.286 e. The minimum Gasteiger partial charge on any atom is -0.497 e. The molecule has 4 rings (SSSR count). The smallest absolute Gasteiger partial charge is 0.286 e. The van der Waals surface area contributed by atoms with Gasteiger partial charge in [-0.25, -0.2) is 0 Å². The molecular formula is C25H27N5O4S. The van der Waals surface area contributed by atoms with Crippen molar-refractivity contribution in [3.63, 3.8) is 0 Å². The summed E-state index contributed by atoms with van der Waals surface area (Å²) in [5.74, 6) is 1.79. The van der Waals surface area contributed by atoms with Crippen molar-refractivity contribution >= 4 is 21.9 Å². The molecule has 9 nitrogen and oxygen atoms in total. The van der Waals surface area contributed by atoms with Crippen LogP contribution in [-0.2, 0) is 23.1 Å². The van der Waals surface area contributed by atoms with E-state index in [1.807, 2.05) is 55.5 Å². The van der Waals surface area contributed by atoms with Crippen LogP contribution in [0.25, 0.3) is 0 Å². The number of aryl methyl sites for hydroxylation is 1. The Kier molecular flexibility index (Phi) is 7.21. The molecule has 10 heteroatoms. The van der Waals surface area contributed by atoms with Gasteiger partial charge >= 0.3 is 0 Å². The molecule has 0 aliphatic rings. The zero-order chi connectivity index (χ0) is 24.8. The van der Waals surface area contributed by atoms with Crippen LogP contribution in [0.2, 0.25) is 0 Å². The van der Waals surface area contributed by atoms with E-state index in [-0.39, 0.29) is 16.8 Å². The van der Waals surface area contributed by atoms with Gasteiger partial charge in [0.1, 0.15) is 11.5 Å². The van der Waals surface area contributed by atoms with Crippen LogP contribution in [0.5, 0.6) is 11.5 Å². The molecule has 0 radical (unpaired) electrons. The Labute approximate surface area is 204 Å². The molecule has 0 saturated heterocycles. The topological polar surface area (TPSA) is 107 Å². The SMILES string of the molecule is COc1ccc(CNc2nc(NCc3ccc(OC)cc3)n(S(=O)(=O)c3ccc(C)cc3)n2)cc1. The first-order valence-corrected chi connectivity index (χ1v) is 12.4. The molecule has 1 heterocycles. The van der Waals surface area contributed by atoms with Gasteiger partial charge in [-0.2, -0.15) is 13.4 Å². The van der Waals surface area contributed by atoms with E-state index >= 15 is 0 Å². The van der Waals surface area contributed by atoms with E-state index in [1.165, 1.54) is 0 Å². The summed E-state index contributed by atoms with van der Waals surface area (Å²) in [6.45, 7) is 2.66. The van der Waals surface area contributed by atoms with Crippen molar-refractivity contribution in [1.82, 2.24) is 14.2 Å². The highest BCUT2D eigenvalue weighted by atomic mass is 32.2. The summed E-state index contributed by atoms with van der Waals surface area (Å²) in [6, 6.07) is 21.6. The second-order valence-corrected chi connectivity index (χ2v) is 9.59. The molecule has 35 heavy (non-hydrogen) atoms. The largest absolute Gasteiger partial charge is 0.497 e. The van der Waals surface area contributed by atoms with Crippen LogP contribution in [0.15, 0.2) is 77.7 Å². The van der Waals surface area contributed by atoms with E-state index in [1.54, 1.807) is 38.5 Å². The van der Waals surface area contributed by atoms with E-state index in [9.17, 15) is 8.42 Å². The average Bonchev–Trinajstić information content (AvgIpc) is 3.31. The van der Waals surface area contributed by atoms with Gasteiger partial charge in [-0.05, 0) is 54.4 Å². The number of ether oxygens (including phenoxy) is 2. The molecule has 1 aromatic heterocycles. The number of aromatic nitrogens is 3. The summed E-state index contributed by atoms with van der Waals surface area (Å²) < 4.78 is 38.1. The number of benzene rings is 3. The Morgan fingerprint density at radius 1 is 0.771 bits per heavy atom. The zero-order valence-corrected chi connectivity index (χ0v) is 20.5. The predicted molar refractivity (Wildman–Crippen MR) is 134 cm³/mol. The van der Waals surface area contributed by atoms with Crippen LogP contribution in [0.1, 0.15) is 16.7 Å². The van der Waals surface area contributed by atoms with E-state index in [4.69, 9.17) is 9.47 Å². The van der Waals surface area contributed by atoms with Gasteiger partial charge in [0.15, 0.2) is 0 Å². The minimum absolute atomic E-state index is 0.110. The number of nitrogens with one attached hydrogen (secondary N) is 2. The van der Waals surface area contributed by atoms with Crippen LogP contribution in [0.4, 0.5) is 11.9 Å². The number of hydrogen-bond donors (Lipinski definition) is 2. The maximum absolute atomic E-state index is 13.4. The summed E-state index contributed by atoms with van der Waals surface area (Å²) in [5, 5.41) is 10.5. The van der Waals surface area contributed by atoms with Crippen molar-refractivity contribution in [2.75, 3.05) is 24.9 Å². The predicted octanol–water partition coefficient (Wildman–Crippen LogP) is 4.06. The standard InChI is InChI=1S/C25H27N5O4S/c1-18-4-14-23(15-5-18)35(31,32)30-25(27-17-20-8-12-22(34-3)13-9-20)28-24(29-30)26-16-19-6-10-21(33-2)11-7-19/h4-15H,16-17H2,1-3H3,(H2,26,27,28,29). The molecule has 0 atom stereocenters. The molecular weight excluding hydrogens is 466 g/mol. The lowest BCUT2D eigenvalue weighted by molar-refractivity contribution is 0.414. The van der Waals surface area contributed by atoms with Crippen LogP contribution < -0.4 is 20.1 Å². The van der Waals surface area contributed by atoms with Crippen molar-refractivity contribution in [3.05, 3.63) is 89.5 Å². The third-order valence-corrected chi connectivity index (χ3v) is 6.92. The molecule has 2 N–H and O–H groups in total. The second-order valence-electron chi connectivity index (χ2n) is 7.82. The lowest BCUT2D eigenvalue weighted by atomic mass is 10.2. The van der Waals surface area contributed by atoms with Gasteiger partial charge in [-0.3, -0.25) is 0 Å². The molecule has 4 aromatic rings. The molecule has 0 aliphatic carbocycles. The van der Waals surface area contributed by atoms with Gasteiger partial charge in [-0.1, -0.05) is 42.0 Å². The fourth-order valence-electron chi connectivity index (χ4n) is 3.31. The summed E-state index contributed by atoms with van der Waals surface area (Å²) in [6.07, 6.45) is 0. The Morgan fingerprint density at radius 2 is 1.29 bits per heavy atom. The van der Waals surface area contributed by atoms with Crippen molar-refractivity contribution in [1.29, 1.82) is 0 Å². The number of hydrogen-bond acceptors (Lipinski definition) is 8. The van der Waals surface area contributed by atoms with Crippen LogP contribution in [-0.4, -0.2) is 36.8 Å². The van der Waals surface area contributed by atoms with Crippen LogP contribution in [0, 0.1) is 6.92 Å². The molecule has 0 amide bonds. The summed E-state index contributed by atoms with van der Waals surface area (Å²) >= 11 is 0. The molecule has 0 aliphatic heterocycles. The van der Waals surface area contributed by atoms with Gasteiger partial charge in [0, 0.05) is 13.1 Å². The normalized spacial score (nSPS) is 11.2. The van der Waals surface area contributed by atoms with E-state index in [0.717, 1.165) is 32.3 Å². The first-order chi connectivity index (χ1) is 16.9. The molecule has 0 unspecified atom stereocenters. The monoisotopic (exact) mass is 493 g/mol. The number of methoxy groups -OCH3 is 2. The molecule has 0 bridgehead atoms. The highest BCUT2D eigenvalue weighted by Crippen LogP contribution is 2.21. The van der Waals surface area contributed by atoms with Crippen molar-refractivity contribution in [2.24, 2.45) is 0 Å². The van der Waals surface area contributed by atoms with Gasteiger partial charge in [0.2, 0.25) is 11.9 Å². The van der Waals surface area contributed by atoms with E-state index in [2.05, 4.69) is 20.7 Å². The lowest BCUT2D eigenvalue weighted by Gasteiger charge is -2.09. The average molecular weight is 494 g/mol. The third-order valence-electron chi connectivity index (χ3n) is 5.34. The molecule has 0 spiro atoms. The van der Waals surface area contributed by atoms with Gasteiger partial charge in [0.05, 0.1) is 19.1 Å². The first kappa shape index (κ1) is 24.1. The molecule has 0 saturated carbocycles. The zero-order valence-electron chi connectivity index (χ0n) is 19.7. The highest BCUT2D eigenvalue weighted by Gasteiger charge is 2.24. The fourth-order valence-corrected chi connectivity index (χ4v) is 4.51. The molecule has 0 fully saturated rings. The summed E-state index contributed by atoms with van der Waals surface area (Å²) in [7, 11) is -0.755. The van der Waals surface area contributed by atoms with E-state index in [0.29, 0.717) is 13.1 Å². The second kappa shape index (κ2) is 10.5. The van der Waals surface area contributed by atoms with Crippen molar-refractivity contribution in [3.8, 4) is 11.5 Å². The van der Waals surface area contributed by atoms with Crippen molar-refractivity contribution < 1.29 is 17.9 Å². The number of nitrogens with zero attached hydrogens (tertiary/aromatic N) is 3. The Balaban J connectivity index is 1.59. The van der Waals surface area contributed by atoms with Crippen LogP contribution >= 0.6 is 0 Å². The Morgan fingerprint density at radius 3 is 1.80 bits per heavy atom. The van der Waals surface area contributed by atoms with Crippen LogP contribution in [0.3, 0.4) is 0 Å². The minimum atomic E-state index is -3.97. The number of rotatable bonds is 10. The lowest BCUT2D eigenvalue weighted by Crippen LogP contribution is -2.18. The summed E-state index contributed by atoms with van der Waals surface area (Å²) in [5.41, 5.74) is 2.86. The highest BCUT2D eigenvalue weighted by molar-refractivity contribution is 7.90. The Bertz CT molecular complexity index is 1370. The van der Waals surface area contributed by atoms with Crippen molar-refractivity contribution in [2.45, 2.75) is 24.9 Å². The molecule has 182 valence electrons. The van der Waals surface area contributed by atoms with E-state index < -0.39 is 10.0 Å². The quantitative estimate of drug-likeness (QED) is 0.341. The van der Waals surface area contributed by atoms with Gasteiger partial charge in [0.25, 0.3) is 10.0 Å². The Hall–Kier alpha value is -4.05. The first-order valence-electron chi connectivity index (χ1n) is 10.9.